The summed E-state index contributed by atoms with van der Waals surface area (Å²) in [5.41, 5.74) is 0.854. The van der Waals surface area contributed by atoms with Crippen LogP contribution in [0.3, 0.4) is 0 Å². The maximum atomic E-state index is 12.9. The van der Waals surface area contributed by atoms with Gasteiger partial charge in [-0.05, 0) is 30.5 Å². The Balaban J connectivity index is 1.73. The molecule has 0 saturated heterocycles. The second-order valence-corrected chi connectivity index (χ2v) is 4.47. The number of rotatable bonds is 5. The summed E-state index contributed by atoms with van der Waals surface area (Å²) in [6.07, 6.45) is 2.23. The zero-order valence-electron chi connectivity index (χ0n) is 9.95. The van der Waals surface area contributed by atoms with Gasteiger partial charge in [0.1, 0.15) is 5.82 Å². The van der Waals surface area contributed by atoms with Crippen molar-refractivity contribution in [1.82, 2.24) is 10.2 Å². The van der Waals surface area contributed by atoms with E-state index in [9.17, 15) is 9.18 Å². The molecular weight excluding hydrogens is 219 g/mol. The van der Waals surface area contributed by atoms with Gasteiger partial charge in [0.15, 0.2) is 0 Å². The Bertz CT molecular complexity index is 404. The van der Waals surface area contributed by atoms with E-state index in [-0.39, 0.29) is 11.7 Å². The molecule has 3 nitrogen and oxygen atoms in total. The van der Waals surface area contributed by atoms with Crippen molar-refractivity contribution in [2.75, 3.05) is 13.6 Å². The Morgan fingerprint density at radius 3 is 2.94 bits per heavy atom. The van der Waals surface area contributed by atoms with Crippen LogP contribution in [0.4, 0.5) is 4.39 Å². The lowest BCUT2D eigenvalue weighted by molar-refractivity contribution is -0.129. The van der Waals surface area contributed by atoms with E-state index in [2.05, 4.69) is 5.32 Å². The Labute approximate surface area is 101 Å². The van der Waals surface area contributed by atoms with Crippen LogP contribution in [0.1, 0.15) is 18.4 Å². The molecule has 1 aromatic rings. The molecule has 0 aromatic heterocycles. The van der Waals surface area contributed by atoms with Crippen molar-refractivity contribution < 1.29 is 9.18 Å². The smallest absolute Gasteiger partial charge is 0.236 e. The van der Waals surface area contributed by atoms with Crippen LogP contribution in [0.5, 0.6) is 0 Å². The molecule has 4 heteroatoms. The van der Waals surface area contributed by atoms with Crippen LogP contribution < -0.4 is 5.32 Å². The van der Waals surface area contributed by atoms with E-state index < -0.39 is 0 Å². The SMILES string of the molecule is CN(C(=O)CNCc1cccc(F)c1)C1CC1. The van der Waals surface area contributed by atoms with Crippen molar-refractivity contribution in [3.8, 4) is 0 Å². The highest BCUT2D eigenvalue weighted by Crippen LogP contribution is 2.25. The first-order valence-electron chi connectivity index (χ1n) is 5.87. The first kappa shape index (κ1) is 12.0. The molecule has 1 aromatic carbocycles. The number of nitrogens with one attached hydrogen (secondary N) is 1. The molecule has 17 heavy (non-hydrogen) atoms. The fraction of sp³-hybridized carbons (Fsp3) is 0.462. The summed E-state index contributed by atoms with van der Waals surface area (Å²) in [6, 6.07) is 6.84. The lowest BCUT2D eigenvalue weighted by Gasteiger charge is -2.16. The summed E-state index contributed by atoms with van der Waals surface area (Å²) in [6.45, 7) is 0.825. The minimum Gasteiger partial charge on any atom is -0.342 e. The molecule has 0 heterocycles. The van der Waals surface area contributed by atoms with E-state index in [1.165, 1.54) is 12.1 Å². The number of hydrogen-bond acceptors (Lipinski definition) is 2. The van der Waals surface area contributed by atoms with Crippen LogP contribution in [-0.2, 0) is 11.3 Å². The van der Waals surface area contributed by atoms with Crippen molar-refractivity contribution >= 4 is 5.91 Å². The standard InChI is InChI=1S/C13H17FN2O/c1-16(12-5-6-12)13(17)9-15-8-10-3-2-4-11(14)7-10/h2-4,7,12,15H,5-6,8-9H2,1H3. The molecule has 0 radical (unpaired) electrons. The summed E-state index contributed by atoms with van der Waals surface area (Å²) in [5.74, 6) is -0.144. The molecule has 92 valence electrons. The molecule has 0 bridgehead atoms. The number of amides is 1. The van der Waals surface area contributed by atoms with Crippen molar-refractivity contribution in [2.45, 2.75) is 25.4 Å². The molecule has 0 aliphatic heterocycles. The maximum absolute atomic E-state index is 12.9. The van der Waals surface area contributed by atoms with E-state index >= 15 is 0 Å². The van der Waals surface area contributed by atoms with Gasteiger partial charge in [-0.15, -0.1) is 0 Å². The minimum atomic E-state index is -0.245. The van der Waals surface area contributed by atoms with Crippen molar-refractivity contribution in [3.05, 3.63) is 35.6 Å². The van der Waals surface area contributed by atoms with Crippen molar-refractivity contribution in [2.24, 2.45) is 0 Å². The molecule has 2 rings (SSSR count). The van der Waals surface area contributed by atoms with Gasteiger partial charge in [-0.25, -0.2) is 4.39 Å². The highest BCUT2D eigenvalue weighted by atomic mass is 19.1. The highest BCUT2D eigenvalue weighted by Gasteiger charge is 2.28. The fourth-order valence-electron chi connectivity index (χ4n) is 1.75. The van der Waals surface area contributed by atoms with E-state index in [4.69, 9.17) is 0 Å². The average Bonchev–Trinajstić information content (AvgIpc) is 3.12. The molecular formula is C13H17FN2O. The zero-order chi connectivity index (χ0) is 12.3. The predicted molar refractivity (Wildman–Crippen MR) is 63.9 cm³/mol. The minimum absolute atomic E-state index is 0.101. The number of benzene rings is 1. The number of hydrogen-bond donors (Lipinski definition) is 1. The summed E-state index contributed by atoms with van der Waals surface area (Å²) >= 11 is 0. The van der Waals surface area contributed by atoms with Crippen LogP contribution >= 0.6 is 0 Å². The summed E-state index contributed by atoms with van der Waals surface area (Å²) in [4.78, 5) is 13.5. The molecule has 1 N–H and O–H groups in total. The van der Waals surface area contributed by atoms with Crippen LogP contribution in [0.15, 0.2) is 24.3 Å². The molecule has 1 aliphatic rings. The van der Waals surface area contributed by atoms with E-state index in [1.807, 2.05) is 13.1 Å². The molecule has 0 spiro atoms. The van der Waals surface area contributed by atoms with Crippen molar-refractivity contribution in [1.29, 1.82) is 0 Å². The molecule has 1 amide bonds. The first-order valence-corrected chi connectivity index (χ1v) is 5.87. The van der Waals surface area contributed by atoms with Crippen LogP contribution in [0, 0.1) is 5.82 Å². The third kappa shape index (κ3) is 3.53. The van der Waals surface area contributed by atoms with Gasteiger partial charge in [-0.2, -0.15) is 0 Å². The van der Waals surface area contributed by atoms with Gasteiger partial charge in [0, 0.05) is 19.6 Å². The number of carbonyl (C=O) groups excluding carboxylic acids is 1. The number of carbonyl (C=O) groups is 1. The van der Waals surface area contributed by atoms with Gasteiger partial charge in [-0.3, -0.25) is 4.79 Å². The molecule has 1 aliphatic carbocycles. The van der Waals surface area contributed by atoms with E-state index in [0.29, 0.717) is 19.1 Å². The molecule has 1 fully saturated rings. The number of likely N-dealkylation sites (N-methyl/N-ethyl adjacent to an activating group) is 1. The average molecular weight is 236 g/mol. The maximum Gasteiger partial charge on any atom is 0.236 e. The predicted octanol–water partition coefficient (Wildman–Crippen LogP) is 1.54. The van der Waals surface area contributed by atoms with E-state index in [0.717, 1.165) is 18.4 Å². The van der Waals surface area contributed by atoms with Gasteiger partial charge >= 0.3 is 0 Å². The van der Waals surface area contributed by atoms with Crippen LogP contribution in [0.2, 0.25) is 0 Å². The third-order valence-corrected chi connectivity index (χ3v) is 2.98. The van der Waals surface area contributed by atoms with Crippen LogP contribution in [0.25, 0.3) is 0 Å². The van der Waals surface area contributed by atoms with Crippen LogP contribution in [-0.4, -0.2) is 30.4 Å². The lowest BCUT2D eigenvalue weighted by atomic mass is 10.2. The van der Waals surface area contributed by atoms with Gasteiger partial charge in [0.2, 0.25) is 5.91 Å². The first-order chi connectivity index (χ1) is 8.16. The highest BCUT2D eigenvalue weighted by molar-refractivity contribution is 5.78. The third-order valence-electron chi connectivity index (χ3n) is 2.98. The van der Waals surface area contributed by atoms with Gasteiger partial charge in [-0.1, -0.05) is 12.1 Å². The normalized spacial score (nSPS) is 14.7. The lowest BCUT2D eigenvalue weighted by Crippen LogP contribution is -2.36. The fourth-order valence-corrected chi connectivity index (χ4v) is 1.75. The van der Waals surface area contributed by atoms with Crippen molar-refractivity contribution in [3.63, 3.8) is 0 Å². The second kappa shape index (κ2) is 5.27. The van der Waals surface area contributed by atoms with E-state index in [1.54, 1.807) is 11.0 Å². The summed E-state index contributed by atoms with van der Waals surface area (Å²) in [5, 5.41) is 3.03. The summed E-state index contributed by atoms with van der Waals surface area (Å²) in [7, 11) is 1.84. The monoisotopic (exact) mass is 236 g/mol. The largest absolute Gasteiger partial charge is 0.342 e. The Hall–Kier alpha value is -1.42. The topological polar surface area (TPSA) is 32.3 Å². The Kier molecular flexibility index (Phi) is 3.74. The van der Waals surface area contributed by atoms with Gasteiger partial charge in [0.05, 0.1) is 6.54 Å². The molecule has 0 atom stereocenters. The molecule has 0 unspecified atom stereocenters. The second-order valence-electron chi connectivity index (χ2n) is 4.47. The quantitative estimate of drug-likeness (QED) is 0.841. The number of nitrogens with zero attached hydrogens (tertiary/aromatic N) is 1. The van der Waals surface area contributed by atoms with Gasteiger partial charge < -0.3 is 10.2 Å². The Morgan fingerprint density at radius 1 is 1.53 bits per heavy atom. The van der Waals surface area contributed by atoms with Gasteiger partial charge in [0.25, 0.3) is 0 Å². The summed E-state index contributed by atoms with van der Waals surface area (Å²) < 4.78 is 12.9. The molecule has 1 saturated carbocycles. The number of halogens is 1. The Morgan fingerprint density at radius 2 is 2.29 bits per heavy atom. The zero-order valence-corrected chi connectivity index (χ0v) is 9.95.